The summed E-state index contributed by atoms with van der Waals surface area (Å²) in [5.41, 5.74) is -0.446. The molecule has 4 atom stereocenters. The molecule has 2 aliphatic carbocycles. The number of carbonyl (C=O) groups is 1. The largest absolute Gasteiger partial charge is 0.477 e. The minimum Gasteiger partial charge on any atom is -0.477 e. The maximum Gasteiger partial charge on any atom is 0.446 e. The molecule has 0 spiro atoms. The molecule has 0 bridgehead atoms. The highest BCUT2D eigenvalue weighted by molar-refractivity contribution is 7.81. The van der Waals surface area contributed by atoms with Crippen molar-refractivity contribution in [3.05, 3.63) is 23.3 Å². The van der Waals surface area contributed by atoms with Crippen LogP contribution in [0.15, 0.2) is 12.1 Å². The van der Waals surface area contributed by atoms with E-state index < -0.39 is 27.5 Å². The van der Waals surface area contributed by atoms with Gasteiger partial charge in [0, 0.05) is 12.0 Å². The van der Waals surface area contributed by atoms with Crippen LogP contribution in [0.5, 0.6) is 11.5 Å². The molecule has 1 fully saturated rings. The quantitative estimate of drug-likeness (QED) is 0.766. The Morgan fingerprint density at radius 1 is 1.38 bits per heavy atom. The predicted octanol–water partition coefficient (Wildman–Crippen LogP) is 1.95. The van der Waals surface area contributed by atoms with Gasteiger partial charge in [-0.25, -0.2) is 0 Å². The van der Waals surface area contributed by atoms with Crippen LogP contribution in [0.4, 0.5) is 0 Å². The van der Waals surface area contributed by atoms with E-state index in [4.69, 9.17) is 13.5 Å². The predicted molar refractivity (Wildman–Crippen MR) is 91.7 cm³/mol. The van der Waals surface area contributed by atoms with Crippen molar-refractivity contribution >= 4 is 16.2 Å². The van der Waals surface area contributed by atoms with Crippen molar-refractivity contribution in [1.82, 2.24) is 0 Å². The van der Waals surface area contributed by atoms with Crippen LogP contribution in [-0.2, 0) is 27.0 Å². The Labute approximate surface area is 152 Å². The van der Waals surface area contributed by atoms with Crippen LogP contribution in [0.3, 0.4) is 0 Å². The zero-order chi connectivity index (χ0) is 18.9. The molecule has 1 aromatic rings. The Balaban J connectivity index is 2.02. The summed E-state index contributed by atoms with van der Waals surface area (Å²) < 4.78 is 42.2. The molecule has 26 heavy (non-hydrogen) atoms. The van der Waals surface area contributed by atoms with Gasteiger partial charge in [0.1, 0.15) is 0 Å². The molecule has 0 saturated heterocycles. The van der Waals surface area contributed by atoms with Gasteiger partial charge in [0.2, 0.25) is 0 Å². The van der Waals surface area contributed by atoms with Gasteiger partial charge in [0.25, 0.3) is 0 Å². The van der Waals surface area contributed by atoms with Gasteiger partial charge in [0.15, 0.2) is 23.4 Å². The van der Waals surface area contributed by atoms with Crippen molar-refractivity contribution in [2.45, 2.75) is 63.1 Å². The number of carbonyl (C=O) groups excluding carboxylic acids is 1. The van der Waals surface area contributed by atoms with E-state index in [2.05, 4.69) is 0 Å². The Morgan fingerprint density at radius 3 is 2.77 bits per heavy atom. The Morgan fingerprint density at radius 2 is 2.12 bits per heavy atom. The fourth-order valence-corrected chi connectivity index (χ4v) is 5.77. The molecule has 1 aromatic carbocycles. The second-order valence-electron chi connectivity index (χ2n) is 7.65. The Kier molecular flexibility index (Phi) is 3.71. The van der Waals surface area contributed by atoms with E-state index in [1.165, 1.54) is 6.07 Å². The molecule has 0 amide bonds. The zero-order valence-corrected chi connectivity index (χ0v) is 15.5. The number of rotatable bonds is 4. The van der Waals surface area contributed by atoms with E-state index in [-0.39, 0.29) is 29.6 Å². The van der Waals surface area contributed by atoms with E-state index >= 15 is 0 Å². The van der Waals surface area contributed by atoms with Crippen molar-refractivity contribution < 1.29 is 31.8 Å². The number of hydrogen-bond acceptors (Lipinski definition) is 6. The molecule has 1 saturated carbocycles. The molecule has 0 unspecified atom stereocenters. The lowest BCUT2D eigenvalue weighted by Crippen LogP contribution is -2.67. The van der Waals surface area contributed by atoms with Gasteiger partial charge in [-0.15, -0.1) is 0 Å². The van der Waals surface area contributed by atoms with Crippen molar-refractivity contribution in [1.29, 1.82) is 0 Å². The lowest BCUT2D eigenvalue weighted by molar-refractivity contribution is -0.164. The fraction of sp³-hybridized carbons (Fsp3) is 0.611. The normalized spacial score (nSPS) is 35.0. The first-order valence-corrected chi connectivity index (χ1v) is 10.3. The maximum atomic E-state index is 12.7. The van der Waals surface area contributed by atoms with Gasteiger partial charge in [-0.2, -0.15) is 8.42 Å². The molecule has 7 nitrogen and oxygen atoms in total. The van der Waals surface area contributed by atoms with Crippen molar-refractivity contribution in [2.24, 2.45) is 5.92 Å². The van der Waals surface area contributed by atoms with Crippen LogP contribution in [0.2, 0.25) is 0 Å². The first-order valence-electron chi connectivity index (χ1n) is 8.89. The van der Waals surface area contributed by atoms with Crippen LogP contribution in [0, 0.1) is 5.92 Å². The number of benzene rings is 1. The summed E-state index contributed by atoms with van der Waals surface area (Å²) in [5, 5.41) is 11.7. The first kappa shape index (κ1) is 17.8. The minimum atomic E-state index is -4.74. The van der Waals surface area contributed by atoms with Gasteiger partial charge in [-0.05, 0) is 36.8 Å². The summed E-state index contributed by atoms with van der Waals surface area (Å²) in [5.74, 6) is -0.169. The molecule has 1 heterocycles. The number of hydrogen-bond donors (Lipinski definition) is 2. The van der Waals surface area contributed by atoms with Crippen molar-refractivity contribution in [3.8, 4) is 11.5 Å². The standard InChI is InChI=1S/C18H22O7S/c1-3-7-17-14-11-4-5-13(25-26(21,22)23)15(14)24-16(17)12(19)6-8-18(17,20)10(2)9-11/h4-5,10,16,20H,3,6-9H2,1-2H3,(H,21,22,23)/t10-,16+,17+,18-/m1/s1. The zero-order valence-electron chi connectivity index (χ0n) is 14.7. The lowest BCUT2D eigenvalue weighted by atomic mass is 9.49. The third-order valence-corrected chi connectivity index (χ3v) is 6.73. The third-order valence-electron chi connectivity index (χ3n) is 6.34. The minimum absolute atomic E-state index is 0.0694. The monoisotopic (exact) mass is 382 g/mol. The molecular weight excluding hydrogens is 360 g/mol. The van der Waals surface area contributed by atoms with Gasteiger partial charge in [-0.3, -0.25) is 9.35 Å². The summed E-state index contributed by atoms with van der Waals surface area (Å²) in [6.07, 6.45) is 1.57. The van der Waals surface area contributed by atoms with Crippen LogP contribution >= 0.6 is 0 Å². The average molecular weight is 382 g/mol. The molecule has 142 valence electrons. The highest BCUT2D eigenvalue weighted by Crippen LogP contribution is 2.64. The molecule has 2 N–H and O–H groups in total. The smallest absolute Gasteiger partial charge is 0.446 e. The average Bonchev–Trinajstić information content (AvgIpc) is 2.90. The molecule has 4 rings (SSSR count). The lowest BCUT2D eigenvalue weighted by Gasteiger charge is -2.56. The molecule has 0 radical (unpaired) electrons. The van der Waals surface area contributed by atoms with Gasteiger partial charge >= 0.3 is 10.4 Å². The SMILES string of the molecule is CCC[C@]12c3c4ccc(OS(=O)(=O)O)c3O[C@H]1C(=O)CC[C@@]2(O)[C@H](C)C4. The van der Waals surface area contributed by atoms with Crippen LogP contribution < -0.4 is 8.92 Å². The summed E-state index contributed by atoms with van der Waals surface area (Å²) >= 11 is 0. The number of Topliss-reactive ketones (excluding diaryl/α,β-unsaturated/α-hetero) is 1. The molecular formula is C18H22O7S. The first-order chi connectivity index (χ1) is 12.1. The van der Waals surface area contributed by atoms with Crippen LogP contribution in [0.25, 0.3) is 0 Å². The van der Waals surface area contributed by atoms with Crippen molar-refractivity contribution in [3.63, 3.8) is 0 Å². The maximum absolute atomic E-state index is 12.7. The van der Waals surface area contributed by atoms with Crippen molar-refractivity contribution in [2.75, 3.05) is 0 Å². The van der Waals surface area contributed by atoms with Crippen LogP contribution in [0.1, 0.15) is 50.7 Å². The third kappa shape index (κ3) is 2.12. The van der Waals surface area contributed by atoms with E-state index in [0.717, 1.165) is 12.0 Å². The van der Waals surface area contributed by atoms with E-state index in [1.807, 2.05) is 13.8 Å². The van der Waals surface area contributed by atoms with Gasteiger partial charge in [-0.1, -0.05) is 26.3 Å². The Hall–Kier alpha value is -1.64. The molecule has 1 aliphatic heterocycles. The summed E-state index contributed by atoms with van der Waals surface area (Å²) in [6.45, 7) is 3.96. The highest BCUT2D eigenvalue weighted by Gasteiger charge is 2.69. The summed E-state index contributed by atoms with van der Waals surface area (Å²) in [4.78, 5) is 12.7. The van der Waals surface area contributed by atoms with Crippen LogP contribution in [-0.4, -0.2) is 35.6 Å². The summed E-state index contributed by atoms with van der Waals surface area (Å²) in [7, 11) is -4.74. The molecule has 8 heteroatoms. The molecule has 0 aromatic heterocycles. The topological polar surface area (TPSA) is 110 Å². The second kappa shape index (κ2) is 5.43. The van der Waals surface area contributed by atoms with Gasteiger partial charge in [0.05, 0.1) is 11.0 Å². The molecule has 3 aliphatic rings. The summed E-state index contributed by atoms with van der Waals surface area (Å²) in [6, 6.07) is 3.16. The van der Waals surface area contributed by atoms with E-state index in [1.54, 1.807) is 6.07 Å². The number of ketones is 1. The number of aliphatic hydroxyl groups is 1. The second-order valence-corrected chi connectivity index (χ2v) is 8.68. The fourth-order valence-electron chi connectivity index (χ4n) is 5.41. The van der Waals surface area contributed by atoms with E-state index in [9.17, 15) is 18.3 Å². The Bertz CT molecular complexity index is 893. The van der Waals surface area contributed by atoms with E-state index in [0.29, 0.717) is 24.8 Å². The van der Waals surface area contributed by atoms with Gasteiger partial charge < -0.3 is 14.0 Å². The number of ether oxygens (including phenoxy) is 1. The highest BCUT2D eigenvalue weighted by atomic mass is 32.3.